The standard InChI is InChI=1S/C27H36N4O2/c1-18(2)31-15-24(28-17-31)23-14-30(25(32)22-11-19(3)10-20(4)12-22)16-27(23)8-5-9-29(26(27)33)13-21-6-7-21/h10-12,15,17-18,21,23H,5-9,13-14,16H2,1-4H3/t23-,27-/m0/s1. The number of rotatable bonds is 5. The van der Waals surface area contributed by atoms with E-state index in [9.17, 15) is 9.59 Å². The van der Waals surface area contributed by atoms with Gasteiger partial charge in [-0.2, -0.15) is 0 Å². The van der Waals surface area contributed by atoms with Gasteiger partial charge in [-0.25, -0.2) is 4.98 Å². The van der Waals surface area contributed by atoms with Crippen LogP contribution in [0, 0.1) is 25.2 Å². The Morgan fingerprint density at radius 1 is 1.18 bits per heavy atom. The molecule has 2 amide bonds. The average Bonchev–Trinajstić information content (AvgIpc) is 3.30. The molecule has 6 nitrogen and oxygen atoms in total. The normalized spacial score (nSPS) is 25.5. The van der Waals surface area contributed by atoms with Gasteiger partial charge in [0.05, 0.1) is 17.4 Å². The van der Waals surface area contributed by atoms with Crippen LogP contribution < -0.4 is 0 Å². The monoisotopic (exact) mass is 448 g/mol. The molecule has 5 rings (SSSR count). The number of aryl methyl sites for hydroxylation is 2. The number of imidazole rings is 1. The minimum Gasteiger partial charge on any atom is -0.342 e. The molecule has 0 radical (unpaired) electrons. The van der Waals surface area contributed by atoms with Gasteiger partial charge < -0.3 is 14.4 Å². The van der Waals surface area contributed by atoms with Crippen molar-refractivity contribution in [3.8, 4) is 0 Å². The summed E-state index contributed by atoms with van der Waals surface area (Å²) in [5, 5.41) is 0. The highest BCUT2D eigenvalue weighted by Crippen LogP contribution is 2.50. The lowest BCUT2D eigenvalue weighted by Crippen LogP contribution is -2.52. The first-order valence-electron chi connectivity index (χ1n) is 12.5. The van der Waals surface area contributed by atoms with Crippen LogP contribution in [0.4, 0.5) is 0 Å². The molecule has 0 N–H and O–H groups in total. The first-order valence-corrected chi connectivity index (χ1v) is 12.5. The molecule has 1 saturated carbocycles. The van der Waals surface area contributed by atoms with Crippen molar-refractivity contribution >= 4 is 11.8 Å². The Labute approximate surface area is 197 Å². The van der Waals surface area contributed by atoms with Gasteiger partial charge in [0, 0.05) is 49.9 Å². The van der Waals surface area contributed by atoms with Crippen LogP contribution in [-0.4, -0.2) is 57.3 Å². The van der Waals surface area contributed by atoms with E-state index < -0.39 is 5.41 Å². The highest BCUT2D eigenvalue weighted by molar-refractivity contribution is 5.96. The highest BCUT2D eigenvalue weighted by Gasteiger charge is 2.57. The second kappa shape index (κ2) is 8.30. The van der Waals surface area contributed by atoms with Gasteiger partial charge in [-0.15, -0.1) is 0 Å². The van der Waals surface area contributed by atoms with Crippen LogP contribution in [0.5, 0.6) is 0 Å². The molecule has 1 aromatic carbocycles. The van der Waals surface area contributed by atoms with E-state index in [0.717, 1.165) is 42.8 Å². The molecular weight excluding hydrogens is 412 g/mol. The summed E-state index contributed by atoms with van der Waals surface area (Å²) in [7, 11) is 0. The SMILES string of the molecule is Cc1cc(C)cc(C(=O)N2C[C@@H](c3cn(C(C)C)cn3)[C@]3(CCCN(CC4CC4)C3=O)C2)c1. The topological polar surface area (TPSA) is 58.4 Å². The highest BCUT2D eigenvalue weighted by atomic mass is 16.2. The molecule has 6 heteroatoms. The predicted octanol–water partition coefficient (Wildman–Crippen LogP) is 4.34. The number of nitrogens with zero attached hydrogens (tertiary/aromatic N) is 4. The van der Waals surface area contributed by atoms with Crippen LogP contribution in [0.1, 0.15) is 78.7 Å². The van der Waals surface area contributed by atoms with Crippen LogP contribution in [0.25, 0.3) is 0 Å². The molecule has 3 heterocycles. The Hall–Kier alpha value is -2.63. The zero-order valence-electron chi connectivity index (χ0n) is 20.4. The number of amides is 2. The Morgan fingerprint density at radius 3 is 2.55 bits per heavy atom. The van der Waals surface area contributed by atoms with E-state index in [2.05, 4.69) is 35.6 Å². The molecule has 2 aliphatic heterocycles. The number of hydrogen-bond acceptors (Lipinski definition) is 3. The van der Waals surface area contributed by atoms with Crippen molar-refractivity contribution in [2.24, 2.45) is 11.3 Å². The smallest absolute Gasteiger partial charge is 0.253 e. The molecule has 0 unspecified atom stereocenters. The predicted molar refractivity (Wildman–Crippen MR) is 128 cm³/mol. The fourth-order valence-electron chi connectivity index (χ4n) is 5.90. The van der Waals surface area contributed by atoms with Crippen molar-refractivity contribution < 1.29 is 9.59 Å². The van der Waals surface area contributed by atoms with Crippen LogP contribution in [-0.2, 0) is 4.79 Å². The maximum absolute atomic E-state index is 14.0. The molecule has 1 spiro atoms. The zero-order valence-corrected chi connectivity index (χ0v) is 20.4. The molecule has 1 aliphatic carbocycles. The van der Waals surface area contributed by atoms with E-state index >= 15 is 0 Å². The summed E-state index contributed by atoms with van der Waals surface area (Å²) in [6, 6.07) is 6.32. The Bertz CT molecular complexity index is 1050. The largest absolute Gasteiger partial charge is 0.342 e. The minimum atomic E-state index is -0.572. The number of carbonyl (C=O) groups excluding carboxylic acids is 2. The van der Waals surface area contributed by atoms with Gasteiger partial charge in [-0.05, 0) is 71.4 Å². The second-order valence-electron chi connectivity index (χ2n) is 10.9. The van der Waals surface area contributed by atoms with Gasteiger partial charge in [-0.3, -0.25) is 9.59 Å². The van der Waals surface area contributed by atoms with Crippen molar-refractivity contribution in [3.05, 3.63) is 53.1 Å². The molecule has 33 heavy (non-hydrogen) atoms. The lowest BCUT2D eigenvalue weighted by Gasteiger charge is -2.42. The van der Waals surface area contributed by atoms with E-state index in [0.29, 0.717) is 30.6 Å². The zero-order chi connectivity index (χ0) is 23.3. The van der Waals surface area contributed by atoms with Crippen LogP contribution in [0.2, 0.25) is 0 Å². The third-order valence-electron chi connectivity index (χ3n) is 7.81. The summed E-state index contributed by atoms with van der Waals surface area (Å²) in [5.41, 5.74) is 3.26. The van der Waals surface area contributed by atoms with Gasteiger partial charge in [0.2, 0.25) is 5.91 Å². The lowest BCUT2D eigenvalue weighted by molar-refractivity contribution is -0.146. The molecule has 0 bridgehead atoms. The summed E-state index contributed by atoms with van der Waals surface area (Å²) in [6.45, 7) is 11.1. The molecule has 2 aromatic rings. The van der Waals surface area contributed by atoms with Crippen LogP contribution >= 0.6 is 0 Å². The summed E-state index contributed by atoms with van der Waals surface area (Å²) in [4.78, 5) is 36.4. The van der Waals surface area contributed by atoms with Crippen LogP contribution in [0.15, 0.2) is 30.7 Å². The first kappa shape index (κ1) is 22.2. The molecular formula is C27H36N4O2. The van der Waals surface area contributed by atoms with E-state index in [1.165, 1.54) is 12.8 Å². The molecule has 3 aliphatic rings. The van der Waals surface area contributed by atoms with Crippen molar-refractivity contribution in [1.82, 2.24) is 19.4 Å². The summed E-state index contributed by atoms with van der Waals surface area (Å²) >= 11 is 0. The van der Waals surface area contributed by atoms with Gasteiger partial charge >= 0.3 is 0 Å². The first-order chi connectivity index (χ1) is 15.8. The molecule has 3 fully saturated rings. The summed E-state index contributed by atoms with van der Waals surface area (Å²) in [6.07, 6.45) is 8.24. The average molecular weight is 449 g/mol. The quantitative estimate of drug-likeness (QED) is 0.684. The summed E-state index contributed by atoms with van der Waals surface area (Å²) in [5.74, 6) is 0.860. The molecule has 176 valence electrons. The Kier molecular flexibility index (Phi) is 5.58. The van der Waals surface area contributed by atoms with E-state index in [-0.39, 0.29) is 17.7 Å². The fourth-order valence-corrected chi connectivity index (χ4v) is 5.90. The third kappa shape index (κ3) is 4.09. The maximum Gasteiger partial charge on any atom is 0.253 e. The number of hydrogen-bond donors (Lipinski definition) is 0. The number of aromatic nitrogens is 2. The number of benzene rings is 1. The minimum absolute atomic E-state index is 0.0269. The van der Waals surface area contributed by atoms with Crippen molar-refractivity contribution in [2.45, 2.75) is 65.3 Å². The molecule has 2 saturated heterocycles. The van der Waals surface area contributed by atoms with Crippen molar-refractivity contribution in [1.29, 1.82) is 0 Å². The maximum atomic E-state index is 14.0. The number of piperidine rings is 1. The van der Waals surface area contributed by atoms with Crippen molar-refractivity contribution in [2.75, 3.05) is 26.2 Å². The third-order valence-corrected chi connectivity index (χ3v) is 7.81. The fraction of sp³-hybridized carbons (Fsp3) is 0.593. The summed E-state index contributed by atoms with van der Waals surface area (Å²) < 4.78 is 2.10. The van der Waals surface area contributed by atoms with E-state index in [1.807, 2.05) is 37.2 Å². The number of likely N-dealkylation sites (tertiary alicyclic amines) is 2. The van der Waals surface area contributed by atoms with Crippen LogP contribution in [0.3, 0.4) is 0 Å². The lowest BCUT2D eigenvalue weighted by atomic mass is 9.70. The van der Waals surface area contributed by atoms with Gasteiger partial charge in [-0.1, -0.05) is 17.2 Å². The van der Waals surface area contributed by atoms with Gasteiger partial charge in [0.1, 0.15) is 0 Å². The molecule has 1 aromatic heterocycles. The van der Waals surface area contributed by atoms with Gasteiger partial charge in [0.25, 0.3) is 5.91 Å². The Morgan fingerprint density at radius 2 is 1.91 bits per heavy atom. The van der Waals surface area contributed by atoms with Crippen molar-refractivity contribution in [3.63, 3.8) is 0 Å². The Balaban J connectivity index is 1.50. The second-order valence-corrected chi connectivity index (χ2v) is 10.9. The van der Waals surface area contributed by atoms with E-state index in [4.69, 9.17) is 4.98 Å². The molecule has 2 atom stereocenters. The number of carbonyl (C=O) groups is 2. The van der Waals surface area contributed by atoms with E-state index in [1.54, 1.807) is 0 Å². The van der Waals surface area contributed by atoms with Gasteiger partial charge in [0.15, 0.2) is 0 Å².